The van der Waals surface area contributed by atoms with Gasteiger partial charge in [-0.3, -0.25) is 5.43 Å². The Bertz CT molecular complexity index is 758. The molecule has 0 saturated carbocycles. The molecule has 1 aromatic heterocycles. The lowest BCUT2D eigenvalue weighted by Crippen LogP contribution is -2.15. The summed E-state index contributed by atoms with van der Waals surface area (Å²) in [5.74, 6) is 1.69. The Morgan fingerprint density at radius 1 is 1.29 bits per heavy atom. The number of hydrogen-bond acceptors (Lipinski definition) is 7. The van der Waals surface area contributed by atoms with Gasteiger partial charge in [0.2, 0.25) is 0 Å². The van der Waals surface area contributed by atoms with Gasteiger partial charge in [-0.05, 0) is 44.0 Å². The molecule has 0 saturated heterocycles. The van der Waals surface area contributed by atoms with Crippen LogP contribution in [0.3, 0.4) is 0 Å². The first-order valence-electron chi connectivity index (χ1n) is 7.76. The highest BCUT2D eigenvalue weighted by Gasteiger charge is 2.06. The zero-order valence-electron chi connectivity index (χ0n) is 14.0. The quantitative estimate of drug-likeness (QED) is 0.567. The molecule has 2 N–H and O–H groups in total. The van der Waals surface area contributed by atoms with Crippen LogP contribution in [0.1, 0.15) is 31.5 Å². The molecule has 8 heteroatoms. The fourth-order valence-electron chi connectivity index (χ4n) is 1.87. The summed E-state index contributed by atoms with van der Waals surface area (Å²) in [5.41, 5.74) is 3.54. The third-order valence-electron chi connectivity index (χ3n) is 2.99. The maximum Gasteiger partial charge on any atom is 0.363 e. The van der Waals surface area contributed by atoms with Crippen LogP contribution in [-0.2, 0) is 0 Å². The largest absolute Gasteiger partial charge is 0.490 e. The van der Waals surface area contributed by atoms with E-state index in [4.69, 9.17) is 9.47 Å². The molecule has 1 aromatic carbocycles. The minimum absolute atomic E-state index is 0.308. The van der Waals surface area contributed by atoms with Crippen LogP contribution in [0.4, 0.5) is 5.82 Å². The topological polar surface area (TPSA) is 101 Å². The van der Waals surface area contributed by atoms with Gasteiger partial charge in [-0.15, -0.1) is 0 Å². The molecule has 1 heterocycles. The lowest BCUT2D eigenvalue weighted by Gasteiger charge is -2.11. The maximum absolute atomic E-state index is 11.2. The molecule has 0 radical (unpaired) electrons. The maximum atomic E-state index is 11.2. The first kappa shape index (κ1) is 17.5. The molecule has 0 aliphatic rings. The molecule has 0 atom stereocenters. The number of nitrogens with one attached hydrogen (secondary N) is 2. The van der Waals surface area contributed by atoms with Gasteiger partial charge in [0.15, 0.2) is 17.3 Å². The van der Waals surface area contributed by atoms with Gasteiger partial charge < -0.3 is 9.47 Å². The number of hydrogen-bond donors (Lipinski definition) is 2. The highest BCUT2D eigenvalue weighted by atomic mass is 16.5. The molecule has 0 fully saturated rings. The van der Waals surface area contributed by atoms with E-state index in [1.165, 1.54) is 0 Å². The Labute approximate surface area is 139 Å². The summed E-state index contributed by atoms with van der Waals surface area (Å²) >= 11 is 0. The van der Waals surface area contributed by atoms with Crippen molar-refractivity contribution in [2.24, 2.45) is 5.10 Å². The lowest BCUT2D eigenvalue weighted by atomic mass is 10.2. The summed E-state index contributed by atoms with van der Waals surface area (Å²) in [4.78, 5) is 14.9. The Morgan fingerprint density at radius 2 is 2.12 bits per heavy atom. The smallest absolute Gasteiger partial charge is 0.363 e. The zero-order chi connectivity index (χ0) is 17.4. The van der Waals surface area contributed by atoms with E-state index >= 15 is 0 Å². The molecule has 0 aliphatic heterocycles. The molecule has 8 nitrogen and oxygen atoms in total. The lowest BCUT2D eigenvalue weighted by molar-refractivity contribution is 0.277. The third-order valence-corrected chi connectivity index (χ3v) is 2.99. The predicted octanol–water partition coefficient (Wildman–Crippen LogP) is 2.11. The van der Waals surface area contributed by atoms with E-state index in [1.54, 1.807) is 13.1 Å². The summed E-state index contributed by atoms with van der Waals surface area (Å²) in [5, 5.41) is 10.1. The second-order valence-electron chi connectivity index (χ2n) is 4.93. The van der Waals surface area contributed by atoms with Crippen molar-refractivity contribution in [1.29, 1.82) is 0 Å². The van der Waals surface area contributed by atoms with Gasteiger partial charge in [-0.25, -0.2) is 9.89 Å². The third kappa shape index (κ3) is 4.80. The van der Waals surface area contributed by atoms with Gasteiger partial charge in [0, 0.05) is 0 Å². The molecule has 0 aliphatic carbocycles. The number of aromatic amines is 1. The Hall–Kier alpha value is -2.90. The molecule has 24 heavy (non-hydrogen) atoms. The normalized spacial score (nSPS) is 10.8. The van der Waals surface area contributed by atoms with Crippen molar-refractivity contribution >= 4 is 12.0 Å². The van der Waals surface area contributed by atoms with Crippen molar-refractivity contribution in [1.82, 2.24) is 15.2 Å². The minimum Gasteiger partial charge on any atom is -0.490 e. The first-order valence-corrected chi connectivity index (χ1v) is 7.76. The standard InChI is InChI=1S/C16H21N5O3/c1-4-8-24-13-7-6-12(9-14(13)23-5-2)10-17-20-15-11(3)19-21-16(22)18-15/h6-7,9-10H,4-5,8H2,1-3H3,(H2,18,20,21,22). The van der Waals surface area contributed by atoms with E-state index in [0.29, 0.717) is 36.2 Å². The fraction of sp³-hybridized carbons (Fsp3) is 0.375. The van der Waals surface area contributed by atoms with Gasteiger partial charge in [0.1, 0.15) is 5.69 Å². The number of H-pyrrole nitrogens is 1. The summed E-state index contributed by atoms with van der Waals surface area (Å²) < 4.78 is 11.3. The second-order valence-corrected chi connectivity index (χ2v) is 4.93. The number of aromatic nitrogens is 3. The van der Waals surface area contributed by atoms with Crippen LogP contribution >= 0.6 is 0 Å². The van der Waals surface area contributed by atoms with Gasteiger partial charge in [-0.1, -0.05) is 6.92 Å². The van der Waals surface area contributed by atoms with Crippen molar-refractivity contribution in [2.45, 2.75) is 27.2 Å². The molecule has 0 amide bonds. The van der Waals surface area contributed by atoms with Crippen LogP contribution in [0.15, 0.2) is 28.1 Å². The Kier molecular flexibility index (Phi) is 6.30. The van der Waals surface area contributed by atoms with Crippen LogP contribution in [0.25, 0.3) is 0 Å². The van der Waals surface area contributed by atoms with Crippen molar-refractivity contribution in [3.63, 3.8) is 0 Å². The zero-order valence-corrected chi connectivity index (χ0v) is 14.0. The van der Waals surface area contributed by atoms with Crippen LogP contribution in [-0.4, -0.2) is 34.6 Å². The molecule has 0 unspecified atom stereocenters. The number of benzene rings is 1. The number of ether oxygens (including phenoxy) is 2. The van der Waals surface area contributed by atoms with Gasteiger partial charge in [0.25, 0.3) is 0 Å². The highest BCUT2D eigenvalue weighted by Crippen LogP contribution is 2.28. The van der Waals surface area contributed by atoms with Crippen molar-refractivity contribution in [2.75, 3.05) is 18.6 Å². The predicted molar refractivity (Wildman–Crippen MR) is 92.0 cm³/mol. The van der Waals surface area contributed by atoms with Crippen LogP contribution in [0, 0.1) is 6.92 Å². The van der Waals surface area contributed by atoms with Gasteiger partial charge in [-0.2, -0.15) is 15.2 Å². The van der Waals surface area contributed by atoms with E-state index in [-0.39, 0.29) is 0 Å². The molecule has 2 aromatic rings. The van der Waals surface area contributed by atoms with Crippen LogP contribution < -0.4 is 20.6 Å². The molecular formula is C16H21N5O3. The number of aryl methyl sites for hydroxylation is 1. The molecule has 0 bridgehead atoms. The average molecular weight is 331 g/mol. The number of rotatable bonds is 8. The SMILES string of the molecule is CCCOc1ccc(C=NNc2nc(=O)[nH]nc2C)cc1OCC. The Morgan fingerprint density at radius 3 is 2.88 bits per heavy atom. The monoisotopic (exact) mass is 331 g/mol. The first-order chi connectivity index (χ1) is 11.6. The number of nitrogens with zero attached hydrogens (tertiary/aromatic N) is 3. The number of hydrazone groups is 1. The van der Waals surface area contributed by atoms with Crippen molar-refractivity contribution in [3.8, 4) is 11.5 Å². The van der Waals surface area contributed by atoms with Gasteiger partial charge in [0.05, 0.1) is 19.4 Å². The Balaban J connectivity index is 2.12. The summed E-state index contributed by atoms with van der Waals surface area (Å²) in [6.45, 7) is 6.86. The highest BCUT2D eigenvalue weighted by molar-refractivity contribution is 5.81. The molecule has 128 valence electrons. The van der Waals surface area contributed by atoms with Gasteiger partial charge >= 0.3 is 5.69 Å². The summed E-state index contributed by atoms with van der Waals surface area (Å²) in [6.07, 6.45) is 2.53. The van der Waals surface area contributed by atoms with E-state index < -0.39 is 5.69 Å². The number of anilines is 1. The molecule has 0 spiro atoms. The molecule has 2 rings (SSSR count). The average Bonchev–Trinajstić information content (AvgIpc) is 2.57. The van der Waals surface area contributed by atoms with Crippen molar-refractivity contribution in [3.05, 3.63) is 39.9 Å². The van der Waals surface area contributed by atoms with Crippen LogP contribution in [0.2, 0.25) is 0 Å². The van der Waals surface area contributed by atoms with E-state index in [2.05, 4.69) is 25.7 Å². The van der Waals surface area contributed by atoms with E-state index in [0.717, 1.165) is 12.0 Å². The minimum atomic E-state index is -0.533. The second kappa shape index (κ2) is 8.66. The summed E-state index contributed by atoms with van der Waals surface area (Å²) in [7, 11) is 0. The summed E-state index contributed by atoms with van der Waals surface area (Å²) in [6, 6.07) is 5.56. The fourth-order valence-corrected chi connectivity index (χ4v) is 1.87. The van der Waals surface area contributed by atoms with E-state index in [9.17, 15) is 4.79 Å². The van der Waals surface area contributed by atoms with Crippen LogP contribution in [0.5, 0.6) is 11.5 Å². The van der Waals surface area contributed by atoms with Crippen molar-refractivity contribution < 1.29 is 9.47 Å². The molecular weight excluding hydrogens is 310 g/mol. The van der Waals surface area contributed by atoms with E-state index in [1.807, 2.05) is 32.0 Å².